The van der Waals surface area contributed by atoms with Crippen LogP contribution in [0.5, 0.6) is 0 Å². The number of thiophene rings is 4. The summed E-state index contributed by atoms with van der Waals surface area (Å²) in [5.41, 5.74) is 3.68. The van der Waals surface area contributed by atoms with Gasteiger partial charge in [0, 0.05) is 61.2 Å². The number of rotatable bonds is 4. The van der Waals surface area contributed by atoms with Crippen LogP contribution in [0.1, 0.15) is 0 Å². The van der Waals surface area contributed by atoms with Gasteiger partial charge in [0.2, 0.25) is 19.7 Å². The van der Waals surface area contributed by atoms with Crippen molar-refractivity contribution in [2.75, 3.05) is 0 Å². The zero-order valence-corrected chi connectivity index (χ0v) is 37.3. The summed E-state index contributed by atoms with van der Waals surface area (Å²) in [6.07, 6.45) is 0. The van der Waals surface area contributed by atoms with Crippen LogP contribution in [0.25, 0.3) is 93.9 Å². The Kier molecular flexibility index (Phi) is 8.70. The molecule has 0 fully saturated rings. The van der Waals surface area contributed by atoms with Crippen LogP contribution in [0.15, 0.2) is 200 Å². The molecule has 0 amide bonds. The molecular weight excluding hydrogens is 881 g/mol. The van der Waals surface area contributed by atoms with Crippen LogP contribution in [-0.2, 0) is 19.7 Å². The first-order valence-electron chi connectivity index (χ1n) is 19.8. The number of sulfone groups is 2. The molecule has 0 bridgehead atoms. The average molecular weight is 911 g/mol. The van der Waals surface area contributed by atoms with E-state index in [0.717, 1.165) is 32.0 Å². The summed E-state index contributed by atoms with van der Waals surface area (Å²) in [4.78, 5) is 3.73. The van der Waals surface area contributed by atoms with Crippen LogP contribution < -0.4 is 0 Å². The highest BCUT2D eigenvalue weighted by Crippen LogP contribution is 2.47. The van der Waals surface area contributed by atoms with E-state index >= 15 is 0 Å². The lowest BCUT2D eigenvalue weighted by molar-refractivity contribution is 0.595. The number of hydrogen-bond donors (Lipinski definition) is 0. The molecule has 1 aliphatic rings. The van der Waals surface area contributed by atoms with Crippen LogP contribution in [-0.4, -0.2) is 16.8 Å². The number of benzene rings is 8. The lowest BCUT2D eigenvalue weighted by Gasteiger charge is -2.05. The Morgan fingerprint density at radius 3 is 1.48 bits per heavy atom. The van der Waals surface area contributed by atoms with Gasteiger partial charge in [0.15, 0.2) is 0 Å². The fourth-order valence-electron chi connectivity index (χ4n) is 8.65. The molecular formula is C52H30O4S6. The molecule has 0 radical (unpaired) electrons. The van der Waals surface area contributed by atoms with Gasteiger partial charge in [-0.3, -0.25) is 0 Å². The van der Waals surface area contributed by atoms with Gasteiger partial charge in [-0.1, -0.05) is 103 Å². The highest BCUT2D eigenvalue weighted by atomic mass is 32.2. The molecule has 0 atom stereocenters. The molecule has 0 unspecified atom stereocenters. The monoisotopic (exact) mass is 910 g/mol. The third kappa shape index (κ3) is 5.93. The minimum Gasteiger partial charge on any atom is -0.219 e. The second-order valence-corrected chi connectivity index (χ2v) is 23.0. The Balaban J connectivity index is 0.000000132. The van der Waals surface area contributed by atoms with Crippen molar-refractivity contribution in [1.29, 1.82) is 0 Å². The summed E-state index contributed by atoms with van der Waals surface area (Å²) in [5, 5.41) is 14.4. The molecule has 0 N–H and O–H groups in total. The third-order valence-corrected chi connectivity index (χ3v) is 19.8. The van der Waals surface area contributed by atoms with Crippen molar-refractivity contribution < 1.29 is 16.8 Å². The zero-order valence-electron chi connectivity index (χ0n) is 32.4. The van der Waals surface area contributed by atoms with Gasteiger partial charge in [-0.05, 0) is 110 Å². The molecule has 298 valence electrons. The molecule has 5 heterocycles. The molecule has 4 aromatic heterocycles. The maximum Gasteiger partial charge on any atom is 0.207 e. The van der Waals surface area contributed by atoms with Crippen molar-refractivity contribution in [2.45, 2.75) is 19.6 Å². The Morgan fingerprint density at radius 2 is 0.871 bits per heavy atom. The summed E-state index contributed by atoms with van der Waals surface area (Å²) in [6, 6.07) is 55.1. The van der Waals surface area contributed by atoms with E-state index in [-0.39, 0.29) is 0 Å². The van der Waals surface area contributed by atoms with Crippen molar-refractivity contribution in [3.05, 3.63) is 181 Å². The fourth-order valence-corrected chi connectivity index (χ4v) is 15.8. The Labute approximate surface area is 373 Å². The highest BCUT2D eigenvalue weighted by Gasteiger charge is 2.32. The molecule has 10 heteroatoms. The summed E-state index contributed by atoms with van der Waals surface area (Å²) >= 11 is 7.09. The van der Waals surface area contributed by atoms with Crippen LogP contribution in [0.2, 0.25) is 0 Å². The molecule has 0 saturated heterocycles. The summed E-state index contributed by atoms with van der Waals surface area (Å²) < 4.78 is 56.7. The van der Waals surface area contributed by atoms with Crippen molar-refractivity contribution in [3.8, 4) is 32.0 Å². The first kappa shape index (κ1) is 37.8. The standard InChI is InChI=1S/C26H14O2S3.C26H16O2S3/c27-31(28)23-4-2-1-3-18(23)21-13-16(7-10-24(21)31)22-14-17-6-9-19-20(26(17)30-22)8-5-15-11-12-29-25(15)19;27-31(28,20-4-2-1-3-5-20)21-10-6-17(7-11-21)24-16-19-9-13-22-23(26(19)30-24)12-8-18-14-15-29-25(18)22/h1-14H;1-16H. The van der Waals surface area contributed by atoms with E-state index in [9.17, 15) is 16.8 Å². The van der Waals surface area contributed by atoms with Crippen LogP contribution in [0, 0.1) is 0 Å². The lowest BCUT2D eigenvalue weighted by Crippen LogP contribution is -2.01. The zero-order chi connectivity index (χ0) is 41.7. The van der Waals surface area contributed by atoms with E-state index in [4.69, 9.17) is 0 Å². The Bertz CT molecular complexity index is 3990. The predicted octanol–water partition coefficient (Wildman–Crippen LogP) is 15.5. The third-order valence-electron chi connectivity index (χ3n) is 11.7. The van der Waals surface area contributed by atoms with E-state index in [0.29, 0.717) is 19.6 Å². The molecule has 62 heavy (non-hydrogen) atoms. The first-order valence-corrected chi connectivity index (χ1v) is 26.1. The van der Waals surface area contributed by atoms with E-state index in [1.807, 2.05) is 42.5 Å². The normalized spacial score (nSPS) is 13.2. The Morgan fingerprint density at radius 1 is 0.387 bits per heavy atom. The minimum atomic E-state index is -3.50. The van der Waals surface area contributed by atoms with Gasteiger partial charge < -0.3 is 0 Å². The van der Waals surface area contributed by atoms with Gasteiger partial charge in [-0.25, -0.2) is 16.8 Å². The summed E-state index contributed by atoms with van der Waals surface area (Å²) in [6.45, 7) is 0. The maximum absolute atomic E-state index is 12.9. The quantitative estimate of drug-likeness (QED) is 0.176. The molecule has 0 aliphatic carbocycles. The van der Waals surface area contributed by atoms with Crippen molar-refractivity contribution in [3.63, 3.8) is 0 Å². The average Bonchev–Trinajstić information content (AvgIpc) is 4.16. The van der Waals surface area contributed by atoms with Crippen molar-refractivity contribution in [2.24, 2.45) is 0 Å². The second kappa shape index (κ2) is 14.3. The SMILES string of the molecule is O=S(=O)(c1ccccc1)c1ccc(-c2cc3ccc4c(ccc5ccsc54)c3s2)cc1.O=S1(=O)c2ccccc2-c2cc(-c3cc4ccc5c(ccc6ccsc65)c4s3)ccc21. The van der Waals surface area contributed by atoms with Crippen molar-refractivity contribution >= 4 is 127 Å². The Hall–Kier alpha value is -5.98. The van der Waals surface area contributed by atoms with E-state index < -0.39 is 19.7 Å². The number of fused-ring (bicyclic) bond motifs is 13. The van der Waals surface area contributed by atoms with Gasteiger partial charge in [0.1, 0.15) is 0 Å². The van der Waals surface area contributed by atoms with Crippen LogP contribution in [0.3, 0.4) is 0 Å². The van der Waals surface area contributed by atoms with Gasteiger partial charge in [0.05, 0.1) is 19.6 Å². The smallest absolute Gasteiger partial charge is 0.207 e. The highest BCUT2D eigenvalue weighted by molar-refractivity contribution is 7.92. The largest absolute Gasteiger partial charge is 0.219 e. The van der Waals surface area contributed by atoms with Crippen LogP contribution >= 0.6 is 45.3 Å². The fraction of sp³-hybridized carbons (Fsp3) is 0. The molecule has 0 saturated carbocycles. The summed E-state index contributed by atoms with van der Waals surface area (Å²) in [7, 11) is -6.93. The first-order chi connectivity index (χ1) is 30.2. The van der Waals surface area contributed by atoms with E-state index in [1.165, 1.54) is 61.9 Å². The van der Waals surface area contributed by atoms with Gasteiger partial charge in [-0.15, -0.1) is 45.3 Å². The van der Waals surface area contributed by atoms with Gasteiger partial charge in [0.25, 0.3) is 0 Å². The molecule has 1 aliphatic heterocycles. The van der Waals surface area contributed by atoms with Gasteiger partial charge in [-0.2, -0.15) is 0 Å². The number of hydrogen-bond acceptors (Lipinski definition) is 8. The second-order valence-electron chi connectivity index (χ2n) is 15.2. The van der Waals surface area contributed by atoms with E-state index in [2.05, 4.69) is 83.6 Å². The molecule has 0 spiro atoms. The topological polar surface area (TPSA) is 68.3 Å². The van der Waals surface area contributed by atoms with Gasteiger partial charge >= 0.3 is 0 Å². The maximum atomic E-state index is 12.9. The van der Waals surface area contributed by atoms with E-state index in [1.54, 1.807) is 99.9 Å². The predicted molar refractivity (Wildman–Crippen MR) is 263 cm³/mol. The molecule has 13 rings (SSSR count). The minimum absolute atomic E-state index is 0.314. The lowest BCUT2D eigenvalue weighted by atomic mass is 10.0. The van der Waals surface area contributed by atoms with Crippen LogP contribution in [0.4, 0.5) is 0 Å². The molecule has 8 aromatic carbocycles. The molecule has 4 nitrogen and oxygen atoms in total. The molecule has 12 aromatic rings. The van der Waals surface area contributed by atoms with Crippen molar-refractivity contribution in [1.82, 2.24) is 0 Å². The summed E-state index contributed by atoms with van der Waals surface area (Å²) in [5.74, 6) is 0.